The Kier molecular flexibility index (Phi) is 5.64. The van der Waals surface area contributed by atoms with Crippen molar-refractivity contribution < 1.29 is 4.74 Å². The van der Waals surface area contributed by atoms with E-state index in [-0.39, 0.29) is 11.1 Å². The first kappa shape index (κ1) is 20.7. The molecular weight excluding hydrogens is 364 g/mol. The van der Waals surface area contributed by atoms with Crippen LogP contribution in [0.1, 0.15) is 71.4 Å². The summed E-state index contributed by atoms with van der Waals surface area (Å²) in [7, 11) is 0. The summed E-state index contributed by atoms with van der Waals surface area (Å²) < 4.78 is 5.44. The Labute approximate surface area is 174 Å². The first-order chi connectivity index (χ1) is 13.8. The van der Waals surface area contributed by atoms with E-state index in [0.717, 1.165) is 87.6 Å². The zero-order chi connectivity index (χ0) is 20.6. The second-order valence-electron chi connectivity index (χ2n) is 9.74. The second-order valence-corrected chi connectivity index (χ2v) is 9.74. The number of morpholine rings is 1. The van der Waals surface area contributed by atoms with Crippen LogP contribution in [0.3, 0.4) is 0 Å². The summed E-state index contributed by atoms with van der Waals surface area (Å²) in [5.41, 5.74) is 1.26. The fraction of sp³-hybridized carbons (Fsp3) is 0.727. The molecule has 0 atom stereocenters. The van der Waals surface area contributed by atoms with Gasteiger partial charge in [-0.15, -0.1) is 0 Å². The van der Waals surface area contributed by atoms with Crippen molar-refractivity contribution in [2.75, 3.05) is 31.2 Å². The van der Waals surface area contributed by atoms with Gasteiger partial charge in [0.15, 0.2) is 17.6 Å². The van der Waals surface area contributed by atoms with E-state index in [2.05, 4.69) is 49.8 Å². The molecule has 2 saturated heterocycles. The topological polar surface area (TPSA) is 75.5 Å². The maximum absolute atomic E-state index is 5.44. The number of piperidine rings is 1. The van der Waals surface area contributed by atoms with E-state index in [4.69, 9.17) is 19.7 Å². The minimum atomic E-state index is 0.0736. The lowest BCUT2D eigenvalue weighted by atomic mass is 9.79. The number of aliphatic imine (C=N–C) groups is 1. The lowest BCUT2D eigenvalue weighted by molar-refractivity contribution is 0.122. The number of unbranched alkanes of at least 4 members (excludes halogenated alkanes) is 1. The number of hydrogen-bond donors (Lipinski definition) is 1. The lowest BCUT2D eigenvalue weighted by Gasteiger charge is -2.45. The summed E-state index contributed by atoms with van der Waals surface area (Å²) in [6.07, 6.45) is 4.87. The number of nitrogens with zero attached hydrogens (tertiary/aromatic N) is 5. The van der Waals surface area contributed by atoms with E-state index in [1.807, 2.05) is 0 Å². The standard InChI is InChI=1S/C22H34N6O/c1-6-7-8-16(23-15-13-21(2,3)27-22(4,5)14-15)17-18-24-19(17)26-20(25-18)28-9-11-29-12-10-28/h15,27H,1,6-14H2,2-5H3. The fourth-order valence-electron chi connectivity index (χ4n) is 4.92. The van der Waals surface area contributed by atoms with Crippen LogP contribution in [0.4, 0.5) is 5.95 Å². The number of anilines is 1. The van der Waals surface area contributed by atoms with Gasteiger partial charge in [0, 0.05) is 29.9 Å². The number of rotatable bonds is 6. The smallest absolute Gasteiger partial charge is 0.229 e. The predicted octanol–water partition coefficient (Wildman–Crippen LogP) is 2.75. The van der Waals surface area contributed by atoms with Gasteiger partial charge in [-0.05, 0) is 53.4 Å². The molecule has 4 aliphatic rings. The minimum Gasteiger partial charge on any atom is -0.378 e. The summed E-state index contributed by atoms with van der Waals surface area (Å²) in [5.74, 6) is 3.43. The van der Waals surface area contributed by atoms with Crippen LogP contribution in [0.2, 0.25) is 0 Å². The lowest BCUT2D eigenvalue weighted by Crippen LogP contribution is -2.59. The Morgan fingerprint density at radius 1 is 1.10 bits per heavy atom. The monoisotopic (exact) mass is 398 g/mol. The SMILES string of the molecule is [CH2]CCCC(=NC1CC(C)(C)NC(C)(C)C1)[C]1c2nc1nc(N1CCOCC1)n2. The molecule has 0 amide bonds. The number of hydrogen-bond acceptors (Lipinski definition) is 7. The summed E-state index contributed by atoms with van der Waals surface area (Å²) in [5, 5.41) is 3.75. The highest BCUT2D eigenvalue weighted by molar-refractivity contribution is 6.04. The quantitative estimate of drug-likeness (QED) is 0.743. The van der Waals surface area contributed by atoms with Gasteiger partial charge in [0.1, 0.15) is 0 Å². The van der Waals surface area contributed by atoms with Crippen LogP contribution in [-0.4, -0.2) is 64.1 Å². The molecule has 2 bridgehead atoms. The van der Waals surface area contributed by atoms with Crippen LogP contribution in [0, 0.1) is 12.8 Å². The van der Waals surface area contributed by atoms with Crippen LogP contribution in [0.5, 0.6) is 0 Å². The Bertz CT molecular complexity index is 730. The van der Waals surface area contributed by atoms with Crippen LogP contribution in [-0.2, 0) is 4.74 Å². The first-order valence-electron chi connectivity index (χ1n) is 10.9. The summed E-state index contributed by atoms with van der Waals surface area (Å²) in [4.78, 5) is 21.4. The molecule has 1 aromatic rings. The molecule has 0 aliphatic carbocycles. The molecule has 7 nitrogen and oxygen atoms in total. The molecule has 4 aliphatic heterocycles. The number of aromatic nitrogens is 3. The molecule has 1 N–H and O–H groups in total. The Hall–Kier alpha value is -1.60. The molecule has 158 valence electrons. The largest absolute Gasteiger partial charge is 0.378 e. The highest BCUT2D eigenvalue weighted by Crippen LogP contribution is 2.35. The third-order valence-corrected chi connectivity index (χ3v) is 5.82. The van der Waals surface area contributed by atoms with Gasteiger partial charge >= 0.3 is 0 Å². The Balaban J connectivity index is 1.55. The molecular formula is C22H34N6O. The fourth-order valence-corrected chi connectivity index (χ4v) is 4.92. The van der Waals surface area contributed by atoms with Gasteiger partial charge in [-0.1, -0.05) is 13.3 Å². The molecule has 29 heavy (non-hydrogen) atoms. The van der Waals surface area contributed by atoms with E-state index < -0.39 is 0 Å². The van der Waals surface area contributed by atoms with Crippen LogP contribution >= 0.6 is 0 Å². The van der Waals surface area contributed by atoms with E-state index in [1.54, 1.807) is 0 Å². The highest BCUT2D eigenvalue weighted by atomic mass is 16.5. The second kappa shape index (κ2) is 7.91. The van der Waals surface area contributed by atoms with Crippen molar-refractivity contribution in [3.63, 3.8) is 0 Å². The molecule has 0 aromatic carbocycles. The average Bonchev–Trinajstić information content (AvgIpc) is 2.64. The van der Waals surface area contributed by atoms with E-state index in [1.165, 1.54) is 0 Å². The molecule has 1 aromatic heterocycles. The van der Waals surface area contributed by atoms with Crippen molar-refractivity contribution in [3.05, 3.63) is 24.5 Å². The van der Waals surface area contributed by atoms with Crippen molar-refractivity contribution in [2.45, 2.75) is 76.9 Å². The molecule has 7 heteroatoms. The number of ether oxygens (including phenoxy) is 1. The van der Waals surface area contributed by atoms with Gasteiger partial charge in [-0.3, -0.25) is 4.99 Å². The van der Waals surface area contributed by atoms with Crippen LogP contribution in [0.15, 0.2) is 4.99 Å². The predicted molar refractivity (Wildman–Crippen MR) is 115 cm³/mol. The van der Waals surface area contributed by atoms with E-state index in [0.29, 0.717) is 6.04 Å². The van der Waals surface area contributed by atoms with Gasteiger partial charge in [-0.25, -0.2) is 4.98 Å². The molecule has 2 fully saturated rings. The maximum atomic E-state index is 5.44. The van der Waals surface area contributed by atoms with Gasteiger partial charge in [0.25, 0.3) is 0 Å². The summed E-state index contributed by atoms with van der Waals surface area (Å²) >= 11 is 0. The minimum absolute atomic E-state index is 0.0736. The average molecular weight is 399 g/mol. The van der Waals surface area contributed by atoms with Gasteiger partial charge in [-0.2, -0.15) is 9.97 Å². The van der Waals surface area contributed by atoms with Gasteiger partial charge in [0.05, 0.1) is 19.3 Å². The maximum Gasteiger partial charge on any atom is 0.229 e. The number of fused-ring (bicyclic) bond motifs is 2. The normalized spacial score (nSPS) is 24.4. The molecule has 0 spiro atoms. The first-order valence-corrected chi connectivity index (χ1v) is 10.9. The van der Waals surface area contributed by atoms with Gasteiger partial charge < -0.3 is 15.0 Å². The van der Waals surface area contributed by atoms with Crippen molar-refractivity contribution in [2.24, 2.45) is 4.99 Å². The molecule has 5 heterocycles. The van der Waals surface area contributed by atoms with Crippen molar-refractivity contribution in [1.82, 2.24) is 20.3 Å². The molecule has 2 radical (unpaired) electrons. The van der Waals surface area contributed by atoms with E-state index in [9.17, 15) is 0 Å². The molecule has 5 rings (SSSR count). The van der Waals surface area contributed by atoms with Crippen molar-refractivity contribution in [3.8, 4) is 0 Å². The zero-order valence-electron chi connectivity index (χ0n) is 18.3. The molecule has 0 unspecified atom stereocenters. The summed E-state index contributed by atoms with van der Waals surface area (Å²) in [6, 6.07) is 0.291. The highest BCUT2D eigenvalue weighted by Gasteiger charge is 2.41. The number of nitrogens with one attached hydrogen (secondary N) is 1. The van der Waals surface area contributed by atoms with E-state index >= 15 is 0 Å². The summed E-state index contributed by atoms with van der Waals surface area (Å²) in [6.45, 7) is 16.2. The Morgan fingerprint density at radius 2 is 1.72 bits per heavy atom. The Morgan fingerprint density at radius 3 is 2.31 bits per heavy atom. The third kappa shape index (κ3) is 4.61. The van der Waals surface area contributed by atoms with Crippen LogP contribution < -0.4 is 10.2 Å². The third-order valence-electron chi connectivity index (χ3n) is 5.82. The van der Waals surface area contributed by atoms with Crippen molar-refractivity contribution >= 4 is 11.7 Å². The van der Waals surface area contributed by atoms with Crippen LogP contribution in [0.25, 0.3) is 0 Å². The van der Waals surface area contributed by atoms with Gasteiger partial charge in [0.2, 0.25) is 5.95 Å². The van der Waals surface area contributed by atoms with Crippen molar-refractivity contribution in [1.29, 1.82) is 0 Å². The molecule has 0 saturated carbocycles. The zero-order valence-corrected chi connectivity index (χ0v) is 18.3.